The Morgan fingerprint density at radius 1 is 0.897 bits per heavy atom. The Labute approximate surface area is 166 Å². The summed E-state index contributed by atoms with van der Waals surface area (Å²) >= 11 is 0. The third-order valence-corrected chi connectivity index (χ3v) is 5.57. The minimum Gasteiger partial charge on any atom is -0.455 e. The molecule has 0 spiro atoms. The summed E-state index contributed by atoms with van der Waals surface area (Å²) in [5, 5.41) is 5.29. The SMILES string of the molecule is Cc1ccc(-c2c(-c3ccc(S(N)(=O)=O)cc3)oc3ccc(F)cc3c2=O)cc1. The quantitative estimate of drug-likeness (QED) is 0.548. The zero-order valence-electron chi connectivity index (χ0n) is 15.3. The second kappa shape index (κ2) is 6.95. The third-order valence-electron chi connectivity index (χ3n) is 4.64. The second-order valence-corrected chi connectivity index (χ2v) is 8.27. The molecule has 0 saturated heterocycles. The van der Waals surface area contributed by atoms with Crippen LogP contribution in [0.5, 0.6) is 0 Å². The highest BCUT2D eigenvalue weighted by Gasteiger charge is 2.19. The summed E-state index contributed by atoms with van der Waals surface area (Å²) < 4.78 is 42.8. The maximum Gasteiger partial charge on any atom is 0.238 e. The van der Waals surface area contributed by atoms with Gasteiger partial charge in [-0.1, -0.05) is 29.8 Å². The van der Waals surface area contributed by atoms with Gasteiger partial charge in [-0.25, -0.2) is 17.9 Å². The van der Waals surface area contributed by atoms with Gasteiger partial charge < -0.3 is 4.42 Å². The zero-order chi connectivity index (χ0) is 20.8. The maximum absolute atomic E-state index is 13.7. The number of hydrogen-bond donors (Lipinski definition) is 1. The highest BCUT2D eigenvalue weighted by atomic mass is 32.2. The molecular formula is C22H16FNO4S. The van der Waals surface area contributed by atoms with Gasteiger partial charge in [-0.05, 0) is 55.0 Å². The number of benzene rings is 3. The molecule has 0 unspecified atom stereocenters. The standard InChI is InChI=1S/C22H16FNO4S/c1-13-2-4-14(5-3-13)20-21(25)18-12-16(23)8-11-19(18)28-22(20)15-6-9-17(10-7-15)29(24,26)27/h2-12H,1H3,(H2,24,26,27). The number of sulfonamides is 1. The molecule has 0 bridgehead atoms. The number of halogens is 1. The van der Waals surface area contributed by atoms with E-state index in [0.29, 0.717) is 11.1 Å². The summed E-state index contributed by atoms with van der Waals surface area (Å²) in [7, 11) is -3.85. The Bertz CT molecular complexity index is 1390. The Balaban J connectivity index is 2.04. The van der Waals surface area contributed by atoms with Crippen molar-refractivity contribution in [1.82, 2.24) is 0 Å². The average molecular weight is 409 g/mol. The van der Waals surface area contributed by atoms with Gasteiger partial charge >= 0.3 is 0 Å². The van der Waals surface area contributed by atoms with Crippen molar-refractivity contribution < 1.29 is 17.2 Å². The monoisotopic (exact) mass is 409 g/mol. The Morgan fingerprint density at radius 3 is 2.14 bits per heavy atom. The normalized spacial score (nSPS) is 11.7. The molecule has 0 saturated carbocycles. The number of aryl methyl sites for hydroxylation is 1. The Kier molecular flexibility index (Phi) is 4.56. The molecule has 0 aliphatic rings. The van der Waals surface area contributed by atoms with E-state index in [4.69, 9.17) is 9.56 Å². The van der Waals surface area contributed by atoms with Crippen molar-refractivity contribution in [2.75, 3.05) is 0 Å². The maximum atomic E-state index is 13.7. The van der Waals surface area contributed by atoms with Crippen molar-refractivity contribution >= 4 is 21.0 Å². The van der Waals surface area contributed by atoms with Crippen molar-refractivity contribution in [3.63, 3.8) is 0 Å². The molecule has 0 amide bonds. The van der Waals surface area contributed by atoms with Gasteiger partial charge in [0, 0.05) is 5.56 Å². The van der Waals surface area contributed by atoms with Crippen LogP contribution in [0, 0.1) is 12.7 Å². The molecule has 0 radical (unpaired) electrons. The summed E-state index contributed by atoms with van der Waals surface area (Å²) in [4.78, 5) is 13.2. The van der Waals surface area contributed by atoms with E-state index in [2.05, 4.69) is 0 Å². The van der Waals surface area contributed by atoms with Gasteiger partial charge in [-0.2, -0.15) is 0 Å². The van der Waals surface area contributed by atoms with E-state index in [0.717, 1.165) is 11.6 Å². The van der Waals surface area contributed by atoms with Crippen LogP contribution in [-0.4, -0.2) is 8.42 Å². The van der Waals surface area contributed by atoms with Crippen molar-refractivity contribution in [2.45, 2.75) is 11.8 Å². The molecule has 0 aliphatic carbocycles. The molecule has 0 fully saturated rings. The van der Waals surface area contributed by atoms with E-state index in [1.54, 1.807) is 12.1 Å². The van der Waals surface area contributed by atoms with E-state index < -0.39 is 15.8 Å². The van der Waals surface area contributed by atoms with Crippen LogP contribution in [0.25, 0.3) is 33.4 Å². The minimum absolute atomic E-state index is 0.0525. The van der Waals surface area contributed by atoms with Crippen LogP contribution in [-0.2, 0) is 10.0 Å². The molecule has 1 heterocycles. The lowest BCUT2D eigenvalue weighted by Crippen LogP contribution is -2.12. The highest BCUT2D eigenvalue weighted by molar-refractivity contribution is 7.89. The summed E-state index contributed by atoms with van der Waals surface area (Å²) in [6.07, 6.45) is 0. The van der Waals surface area contributed by atoms with Crippen LogP contribution in [0.2, 0.25) is 0 Å². The molecule has 0 aliphatic heterocycles. The molecule has 29 heavy (non-hydrogen) atoms. The zero-order valence-corrected chi connectivity index (χ0v) is 16.2. The number of fused-ring (bicyclic) bond motifs is 1. The van der Waals surface area contributed by atoms with Crippen LogP contribution in [0.1, 0.15) is 5.56 Å². The molecule has 0 atom stereocenters. The smallest absolute Gasteiger partial charge is 0.238 e. The van der Waals surface area contributed by atoms with Crippen molar-refractivity contribution in [3.05, 3.63) is 88.3 Å². The van der Waals surface area contributed by atoms with E-state index in [-0.39, 0.29) is 32.6 Å². The van der Waals surface area contributed by atoms with Gasteiger partial charge in [0.1, 0.15) is 17.2 Å². The van der Waals surface area contributed by atoms with Crippen molar-refractivity contribution in [3.8, 4) is 22.5 Å². The van der Waals surface area contributed by atoms with Gasteiger partial charge in [0.25, 0.3) is 0 Å². The lowest BCUT2D eigenvalue weighted by Gasteiger charge is -2.11. The molecule has 4 aromatic rings. The minimum atomic E-state index is -3.85. The lowest BCUT2D eigenvalue weighted by molar-refractivity contribution is 0.597. The Hall–Kier alpha value is -3.29. The van der Waals surface area contributed by atoms with E-state index in [1.165, 1.54) is 36.4 Å². The van der Waals surface area contributed by atoms with Crippen LogP contribution in [0.3, 0.4) is 0 Å². The summed E-state index contributed by atoms with van der Waals surface area (Å²) in [6, 6.07) is 16.8. The molecule has 3 aromatic carbocycles. The molecular weight excluding hydrogens is 393 g/mol. The van der Waals surface area contributed by atoms with Gasteiger partial charge in [-0.15, -0.1) is 0 Å². The number of hydrogen-bond acceptors (Lipinski definition) is 4. The predicted molar refractivity (Wildman–Crippen MR) is 109 cm³/mol. The fourth-order valence-corrected chi connectivity index (χ4v) is 3.66. The van der Waals surface area contributed by atoms with Gasteiger partial charge in [-0.3, -0.25) is 4.79 Å². The van der Waals surface area contributed by atoms with Crippen LogP contribution in [0.4, 0.5) is 4.39 Å². The summed E-state index contributed by atoms with van der Waals surface area (Å²) in [5.74, 6) is -0.274. The first-order chi connectivity index (χ1) is 13.7. The molecule has 7 heteroatoms. The first-order valence-corrected chi connectivity index (χ1v) is 10.3. The molecule has 1 aromatic heterocycles. The number of primary sulfonamides is 1. The number of rotatable bonds is 3. The first kappa shape index (κ1) is 19.0. The fourth-order valence-electron chi connectivity index (χ4n) is 3.15. The lowest BCUT2D eigenvalue weighted by atomic mass is 9.97. The molecule has 5 nitrogen and oxygen atoms in total. The number of nitrogens with two attached hydrogens (primary N) is 1. The first-order valence-electron chi connectivity index (χ1n) is 8.71. The van der Waals surface area contributed by atoms with Crippen LogP contribution >= 0.6 is 0 Å². The summed E-state index contributed by atoms with van der Waals surface area (Å²) in [6.45, 7) is 1.93. The van der Waals surface area contributed by atoms with Gasteiger partial charge in [0.2, 0.25) is 15.5 Å². The predicted octanol–water partition coefficient (Wildman–Crippen LogP) is 4.22. The molecule has 146 valence electrons. The second-order valence-electron chi connectivity index (χ2n) is 6.71. The largest absolute Gasteiger partial charge is 0.455 e. The molecule has 2 N–H and O–H groups in total. The topological polar surface area (TPSA) is 90.4 Å². The van der Waals surface area contributed by atoms with E-state index in [9.17, 15) is 17.6 Å². The van der Waals surface area contributed by atoms with Crippen LogP contribution < -0.4 is 10.6 Å². The van der Waals surface area contributed by atoms with Crippen molar-refractivity contribution in [2.24, 2.45) is 5.14 Å². The van der Waals surface area contributed by atoms with E-state index in [1.807, 2.05) is 19.1 Å². The van der Waals surface area contributed by atoms with E-state index >= 15 is 0 Å². The van der Waals surface area contributed by atoms with Crippen LogP contribution in [0.15, 0.2) is 80.8 Å². The van der Waals surface area contributed by atoms with Crippen molar-refractivity contribution in [1.29, 1.82) is 0 Å². The average Bonchev–Trinajstić information content (AvgIpc) is 2.69. The van der Waals surface area contributed by atoms with Gasteiger partial charge in [0.15, 0.2) is 0 Å². The van der Waals surface area contributed by atoms with Gasteiger partial charge in [0.05, 0.1) is 15.8 Å². The molecule has 4 rings (SSSR count). The fraction of sp³-hybridized carbons (Fsp3) is 0.0455. The third kappa shape index (κ3) is 3.57. The summed E-state index contributed by atoms with van der Waals surface area (Å²) in [5.41, 5.74) is 2.26. The Morgan fingerprint density at radius 2 is 1.52 bits per heavy atom. The highest BCUT2D eigenvalue weighted by Crippen LogP contribution is 2.33.